The highest BCUT2D eigenvalue weighted by molar-refractivity contribution is 9.10. The number of rotatable bonds is 6. The number of benzene rings is 2. The highest BCUT2D eigenvalue weighted by Gasteiger charge is 2.24. The van der Waals surface area contributed by atoms with Gasteiger partial charge in [-0.25, -0.2) is 0 Å². The van der Waals surface area contributed by atoms with E-state index in [9.17, 15) is 9.59 Å². The number of ether oxygens (including phenoxy) is 2. The van der Waals surface area contributed by atoms with Crippen LogP contribution < -0.4 is 14.4 Å². The molecule has 3 rings (SSSR count). The molecule has 0 saturated carbocycles. The van der Waals surface area contributed by atoms with E-state index in [0.29, 0.717) is 46.8 Å². The van der Waals surface area contributed by atoms with Crippen molar-refractivity contribution < 1.29 is 19.1 Å². The van der Waals surface area contributed by atoms with E-state index in [4.69, 9.17) is 9.47 Å². The quantitative estimate of drug-likeness (QED) is 0.609. The first-order chi connectivity index (χ1) is 13.9. The maximum atomic E-state index is 13.0. The fraction of sp³-hybridized carbons (Fsp3) is 0.364. The van der Waals surface area contributed by atoms with Crippen LogP contribution >= 0.6 is 15.9 Å². The molecule has 1 saturated heterocycles. The number of carbonyl (C=O) groups excluding carboxylic acids is 2. The lowest BCUT2D eigenvalue weighted by Gasteiger charge is -2.36. The summed E-state index contributed by atoms with van der Waals surface area (Å²) in [4.78, 5) is 28.5. The smallest absolute Gasteiger partial charge is 0.254 e. The van der Waals surface area contributed by atoms with Crippen LogP contribution in [0.15, 0.2) is 40.9 Å². The molecule has 7 heteroatoms. The van der Waals surface area contributed by atoms with Crippen molar-refractivity contribution in [2.24, 2.45) is 0 Å². The fourth-order valence-corrected chi connectivity index (χ4v) is 3.94. The molecule has 1 amide bonds. The zero-order valence-electron chi connectivity index (χ0n) is 16.9. The minimum absolute atomic E-state index is 0.0290. The lowest BCUT2D eigenvalue weighted by atomic mass is 10.1. The van der Waals surface area contributed by atoms with E-state index in [1.54, 1.807) is 26.2 Å². The third kappa shape index (κ3) is 4.72. The molecular formula is C22H25BrN2O4. The highest BCUT2D eigenvalue weighted by atomic mass is 79.9. The van der Waals surface area contributed by atoms with Crippen LogP contribution in [0.1, 0.15) is 34.6 Å². The molecule has 2 aromatic carbocycles. The van der Waals surface area contributed by atoms with Gasteiger partial charge >= 0.3 is 0 Å². The number of Topliss-reactive ketones (excluding diaryl/α,β-unsaturated/α-hetero) is 1. The molecule has 0 unspecified atom stereocenters. The van der Waals surface area contributed by atoms with Crippen LogP contribution in [0.2, 0.25) is 0 Å². The standard InChI is InChI=1S/C22H25BrN2O4/c1-4-29-21-19(23)13-17(14-20(21)28-3)22(27)25-11-9-24(10-12-25)18-7-5-16(6-8-18)15(2)26/h5-8,13-14H,4,9-12H2,1-3H3. The minimum atomic E-state index is -0.0290. The molecule has 6 nitrogen and oxygen atoms in total. The van der Waals surface area contributed by atoms with Crippen LogP contribution in [-0.4, -0.2) is 56.5 Å². The molecule has 154 valence electrons. The Labute approximate surface area is 179 Å². The molecule has 29 heavy (non-hydrogen) atoms. The monoisotopic (exact) mass is 460 g/mol. The third-order valence-electron chi connectivity index (χ3n) is 4.97. The number of anilines is 1. The van der Waals surface area contributed by atoms with Crippen molar-refractivity contribution in [1.82, 2.24) is 4.90 Å². The molecule has 0 spiro atoms. The van der Waals surface area contributed by atoms with Gasteiger partial charge in [-0.1, -0.05) is 0 Å². The van der Waals surface area contributed by atoms with Crippen LogP contribution in [0.3, 0.4) is 0 Å². The van der Waals surface area contributed by atoms with Crippen molar-refractivity contribution in [3.05, 3.63) is 52.0 Å². The summed E-state index contributed by atoms with van der Waals surface area (Å²) >= 11 is 3.48. The molecule has 2 aromatic rings. The number of hydrogen-bond donors (Lipinski definition) is 0. The Bertz CT molecular complexity index is 890. The van der Waals surface area contributed by atoms with Crippen molar-refractivity contribution in [1.29, 1.82) is 0 Å². The van der Waals surface area contributed by atoms with Crippen molar-refractivity contribution in [3.63, 3.8) is 0 Å². The average Bonchev–Trinajstić information content (AvgIpc) is 2.74. The molecule has 0 N–H and O–H groups in total. The molecule has 0 aromatic heterocycles. The van der Waals surface area contributed by atoms with Crippen LogP contribution in [0.25, 0.3) is 0 Å². The van der Waals surface area contributed by atoms with E-state index in [0.717, 1.165) is 18.8 Å². The van der Waals surface area contributed by atoms with E-state index in [1.807, 2.05) is 36.1 Å². The Balaban J connectivity index is 1.68. The first kappa shape index (κ1) is 21.2. The molecule has 0 bridgehead atoms. The van der Waals surface area contributed by atoms with Gasteiger partial charge in [-0.05, 0) is 66.2 Å². The van der Waals surface area contributed by atoms with Crippen molar-refractivity contribution in [2.75, 3.05) is 44.8 Å². The summed E-state index contributed by atoms with van der Waals surface area (Å²) in [6.07, 6.45) is 0. The maximum absolute atomic E-state index is 13.0. The second-order valence-corrected chi connectivity index (χ2v) is 7.66. The zero-order chi connectivity index (χ0) is 21.0. The van der Waals surface area contributed by atoms with Gasteiger partial charge in [0.2, 0.25) is 0 Å². The van der Waals surface area contributed by atoms with E-state index in [2.05, 4.69) is 20.8 Å². The Morgan fingerprint density at radius 1 is 1.03 bits per heavy atom. The summed E-state index contributed by atoms with van der Waals surface area (Å²) in [5.74, 6) is 1.17. The van der Waals surface area contributed by atoms with Crippen molar-refractivity contribution in [3.8, 4) is 11.5 Å². The predicted molar refractivity (Wildman–Crippen MR) is 116 cm³/mol. The third-order valence-corrected chi connectivity index (χ3v) is 5.56. The molecule has 1 fully saturated rings. The molecule has 1 aliphatic heterocycles. The maximum Gasteiger partial charge on any atom is 0.254 e. The number of amides is 1. The van der Waals surface area contributed by atoms with Gasteiger partial charge in [-0.2, -0.15) is 0 Å². The molecular weight excluding hydrogens is 436 g/mol. The van der Waals surface area contributed by atoms with Crippen molar-refractivity contribution in [2.45, 2.75) is 13.8 Å². The lowest BCUT2D eigenvalue weighted by molar-refractivity contribution is 0.0746. The summed E-state index contributed by atoms with van der Waals surface area (Å²) in [5, 5.41) is 0. The van der Waals surface area contributed by atoms with Gasteiger partial charge in [0, 0.05) is 43.0 Å². The van der Waals surface area contributed by atoms with Gasteiger partial charge in [0.15, 0.2) is 17.3 Å². The van der Waals surface area contributed by atoms with Gasteiger partial charge in [0.05, 0.1) is 18.2 Å². The van der Waals surface area contributed by atoms with E-state index < -0.39 is 0 Å². The fourth-order valence-electron chi connectivity index (χ4n) is 3.38. The molecule has 0 aliphatic carbocycles. The summed E-state index contributed by atoms with van der Waals surface area (Å²) in [6, 6.07) is 11.1. The summed E-state index contributed by atoms with van der Waals surface area (Å²) in [6.45, 7) is 6.70. The first-order valence-electron chi connectivity index (χ1n) is 9.60. The number of methoxy groups -OCH3 is 1. The van der Waals surface area contributed by atoms with Gasteiger partial charge in [-0.3, -0.25) is 9.59 Å². The second-order valence-electron chi connectivity index (χ2n) is 6.80. The molecule has 0 radical (unpaired) electrons. The minimum Gasteiger partial charge on any atom is -0.493 e. The van der Waals surface area contributed by atoms with Gasteiger partial charge < -0.3 is 19.3 Å². The van der Waals surface area contributed by atoms with E-state index in [1.165, 1.54) is 0 Å². The number of nitrogens with zero attached hydrogens (tertiary/aromatic N) is 2. The zero-order valence-corrected chi connectivity index (χ0v) is 18.5. The SMILES string of the molecule is CCOc1c(Br)cc(C(=O)N2CCN(c3ccc(C(C)=O)cc3)CC2)cc1OC. The molecule has 1 aliphatic rings. The summed E-state index contributed by atoms with van der Waals surface area (Å²) < 4.78 is 11.7. The van der Waals surface area contributed by atoms with Gasteiger partial charge in [0.25, 0.3) is 5.91 Å². The Morgan fingerprint density at radius 3 is 2.24 bits per heavy atom. The number of carbonyl (C=O) groups is 2. The Morgan fingerprint density at radius 2 is 1.69 bits per heavy atom. The summed E-state index contributed by atoms with van der Waals surface area (Å²) in [7, 11) is 1.56. The first-order valence-corrected chi connectivity index (χ1v) is 10.4. The molecule has 1 heterocycles. The highest BCUT2D eigenvalue weighted by Crippen LogP contribution is 2.37. The van der Waals surface area contributed by atoms with Crippen molar-refractivity contribution >= 4 is 33.3 Å². The molecule has 0 atom stereocenters. The number of halogens is 1. The van der Waals surface area contributed by atoms with Crippen LogP contribution in [-0.2, 0) is 0 Å². The van der Waals surface area contributed by atoms with E-state index in [-0.39, 0.29) is 11.7 Å². The number of hydrogen-bond acceptors (Lipinski definition) is 5. The largest absolute Gasteiger partial charge is 0.493 e. The topological polar surface area (TPSA) is 59.1 Å². The van der Waals surface area contributed by atoms with Crippen LogP contribution in [0.5, 0.6) is 11.5 Å². The van der Waals surface area contributed by atoms with E-state index >= 15 is 0 Å². The number of piperazine rings is 1. The van der Waals surface area contributed by atoms with Gasteiger partial charge in [0.1, 0.15) is 0 Å². The second kappa shape index (κ2) is 9.31. The normalized spacial score (nSPS) is 13.9. The lowest BCUT2D eigenvalue weighted by Crippen LogP contribution is -2.48. The van der Waals surface area contributed by atoms with Crippen LogP contribution in [0, 0.1) is 0 Å². The predicted octanol–water partition coefficient (Wildman–Crippen LogP) is 4.02. The summed E-state index contributed by atoms with van der Waals surface area (Å²) in [5.41, 5.74) is 2.33. The Hall–Kier alpha value is -2.54. The average molecular weight is 461 g/mol. The number of ketones is 1. The van der Waals surface area contributed by atoms with Crippen LogP contribution in [0.4, 0.5) is 5.69 Å². The van der Waals surface area contributed by atoms with Gasteiger partial charge in [-0.15, -0.1) is 0 Å². The Kier molecular flexibility index (Phi) is 6.79.